The van der Waals surface area contributed by atoms with Gasteiger partial charge in [0.2, 0.25) is 0 Å². The van der Waals surface area contributed by atoms with Crippen LogP contribution < -0.4 is 10.6 Å². The minimum Gasteiger partial charge on any atom is -0.308 e. The first-order chi connectivity index (χ1) is 11.2. The summed E-state index contributed by atoms with van der Waals surface area (Å²) < 4.78 is 0.861. The minimum absolute atomic E-state index is 0.327. The molecule has 4 nitrogen and oxygen atoms in total. The molecule has 23 heavy (non-hydrogen) atoms. The van der Waals surface area contributed by atoms with E-state index >= 15 is 0 Å². The number of halogens is 1. The van der Waals surface area contributed by atoms with E-state index in [1.165, 1.54) is 0 Å². The van der Waals surface area contributed by atoms with Crippen LogP contribution in [-0.4, -0.2) is 11.0 Å². The van der Waals surface area contributed by atoms with Crippen molar-refractivity contribution in [1.82, 2.24) is 4.98 Å². The summed E-state index contributed by atoms with van der Waals surface area (Å²) in [5.74, 6) is 0.492. The van der Waals surface area contributed by atoms with E-state index in [1.54, 1.807) is 12.3 Å². The maximum atomic E-state index is 11.9. The molecule has 0 saturated carbocycles. The third-order valence-electron chi connectivity index (χ3n) is 3.22. The Morgan fingerprint density at radius 1 is 0.826 bits per heavy atom. The van der Waals surface area contributed by atoms with Crippen molar-refractivity contribution in [2.24, 2.45) is 0 Å². The van der Waals surface area contributed by atoms with E-state index < -0.39 is 0 Å². The van der Waals surface area contributed by atoms with Crippen molar-refractivity contribution in [2.45, 2.75) is 0 Å². The van der Waals surface area contributed by atoms with Crippen molar-refractivity contribution in [2.75, 3.05) is 10.6 Å². The highest BCUT2D eigenvalue weighted by molar-refractivity contribution is 9.10. The Morgan fingerprint density at radius 3 is 2.17 bits per heavy atom. The van der Waals surface area contributed by atoms with Gasteiger partial charge in [0.1, 0.15) is 5.82 Å². The number of aromatic nitrogens is 1. The van der Waals surface area contributed by atoms with Crippen molar-refractivity contribution >= 4 is 33.5 Å². The Labute approximate surface area is 142 Å². The van der Waals surface area contributed by atoms with Crippen LogP contribution >= 0.6 is 15.9 Å². The molecule has 3 aromatic rings. The average Bonchev–Trinajstić information content (AvgIpc) is 2.58. The van der Waals surface area contributed by atoms with Crippen molar-refractivity contribution in [1.29, 1.82) is 0 Å². The molecule has 0 radical (unpaired) electrons. The number of nitrogens with one attached hydrogen (secondary N) is 2. The van der Waals surface area contributed by atoms with E-state index in [0.717, 1.165) is 21.3 Å². The number of hydrogen-bond donors (Lipinski definition) is 2. The SMILES string of the molecule is O=C(Nc1ccc(-c2ccccc2)cc1)Nc1ccc(Br)cn1. The van der Waals surface area contributed by atoms with Gasteiger partial charge in [0.25, 0.3) is 0 Å². The summed E-state index contributed by atoms with van der Waals surface area (Å²) in [5, 5.41) is 5.46. The molecule has 0 aliphatic heterocycles. The Balaban J connectivity index is 1.64. The van der Waals surface area contributed by atoms with Crippen LogP contribution in [0.1, 0.15) is 0 Å². The summed E-state index contributed by atoms with van der Waals surface area (Å²) in [6.07, 6.45) is 1.63. The van der Waals surface area contributed by atoms with Crippen molar-refractivity contribution in [3.63, 3.8) is 0 Å². The van der Waals surface area contributed by atoms with Gasteiger partial charge in [0, 0.05) is 16.4 Å². The highest BCUT2D eigenvalue weighted by atomic mass is 79.9. The highest BCUT2D eigenvalue weighted by Crippen LogP contribution is 2.21. The first-order valence-corrected chi connectivity index (χ1v) is 7.85. The molecule has 1 aromatic heterocycles. The molecule has 0 fully saturated rings. The fraction of sp³-hybridized carbons (Fsp3) is 0. The Bertz CT molecular complexity index is 787. The summed E-state index contributed by atoms with van der Waals surface area (Å²) in [5.41, 5.74) is 2.97. The van der Waals surface area contributed by atoms with Gasteiger partial charge in [-0.2, -0.15) is 0 Å². The van der Waals surface area contributed by atoms with E-state index in [9.17, 15) is 4.79 Å². The molecule has 0 aliphatic rings. The van der Waals surface area contributed by atoms with Crippen LogP contribution in [0, 0.1) is 0 Å². The van der Waals surface area contributed by atoms with Crippen molar-refractivity contribution in [3.05, 3.63) is 77.4 Å². The predicted octanol–water partition coefficient (Wildman–Crippen LogP) is 5.16. The first kappa shape index (κ1) is 15.2. The number of anilines is 2. The molecule has 114 valence electrons. The van der Waals surface area contributed by atoms with Gasteiger partial charge in [0.15, 0.2) is 0 Å². The maximum Gasteiger partial charge on any atom is 0.324 e. The van der Waals surface area contributed by atoms with Gasteiger partial charge >= 0.3 is 6.03 Å². The molecule has 5 heteroatoms. The summed E-state index contributed by atoms with van der Waals surface area (Å²) in [6.45, 7) is 0. The molecular weight excluding hydrogens is 354 g/mol. The van der Waals surface area contributed by atoms with Gasteiger partial charge in [-0.25, -0.2) is 9.78 Å². The lowest BCUT2D eigenvalue weighted by Crippen LogP contribution is -2.19. The monoisotopic (exact) mass is 367 g/mol. The van der Waals surface area contributed by atoms with Gasteiger partial charge in [-0.3, -0.25) is 5.32 Å². The van der Waals surface area contributed by atoms with E-state index in [0.29, 0.717) is 5.82 Å². The standard InChI is InChI=1S/C18H14BrN3O/c19-15-8-11-17(20-12-15)22-18(23)21-16-9-6-14(7-10-16)13-4-2-1-3-5-13/h1-12H,(H2,20,21,22,23). The first-order valence-electron chi connectivity index (χ1n) is 7.06. The summed E-state index contributed by atoms with van der Waals surface area (Å²) in [7, 11) is 0. The van der Waals surface area contributed by atoms with Crippen molar-refractivity contribution in [3.8, 4) is 11.1 Å². The number of nitrogens with zero attached hydrogens (tertiary/aromatic N) is 1. The second-order valence-corrected chi connectivity index (χ2v) is 5.80. The van der Waals surface area contributed by atoms with Gasteiger partial charge < -0.3 is 5.32 Å². The smallest absolute Gasteiger partial charge is 0.308 e. The zero-order chi connectivity index (χ0) is 16.1. The summed E-state index contributed by atoms with van der Waals surface area (Å²) in [6, 6.07) is 21.0. The largest absolute Gasteiger partial charge is 0.324 e. The van der Waals surface area contributed by atoms with Gasteiger partial charge in [-0.15, -0.1) is 0 Å². The lowest BCUT2D eigenvalue weighted by molar-refractivity contribution is 0.262. The molecule has 0 unspecified atom stereocenters. The molecule has 2 amide bonds. The fourth-order valence-electron chi connectivity index (χ4n) is 2.11. The number of carbonyl (C=O) groups is 1. The molecule has 0 saturated heterocycles. The van der Waals surface area contributed by atoms with Crippen LogP contribution in [0.15, 0.2) is 77.4 Å². The number of rotatable bonds is 3. The summed E-state index contributed by atoms with van der Waals surface area (Å²) >= 11 is 3.30. The number of amides is 2. The van der Waals surface area contributed by atoms with Crippen LogP contribution in [-0.2, 0) is 0 Å². The molecule has 0 bridgehead atoms. The molecule has 0 aliphatic carbocycles. The van der Waals surface area contributed by atoms with Gasteiger partial charge in [-0.1, -0.05) is 42.5 Å². The average molecular weight is 368 g/mol. The van der Waals surface area contributed by atoms with Crippen LogP contribution in [0.3, 0.4) is 0 Å². The Hall–Kier alpha value is -2.66. The Kier molecular flexibility index (Phi) is 4.68. The van der Waals surface area contributed by atoms with E-state index in [1.807, 2.05) is 60.7 Å². The number of pyridine rings is 1. The van der Waals surface area contributed by atoms with Crippen molar-refractivity contribution < 1.29 is 4.79 Å². The van der Waals surface area contributed by atoms with Gasteiger partial charge in [-0.05, 0) is 51.3 Å². The zero-order valence-corrected chi connectivity index (χ0v) is 13.7. The third kappa shape index (κ3) is 4.17. The topological polar surface area (TPSA) is 54.0 Å². The van der Waals surface area contributed by atoms with E-state index in [-0.39, 0.29) is 6.03 Å². The number of benzene rings is 2. The number of urea groups is 1. The second kappa shape index (κ2) is 7.07. The summed E-state index contributed by atoms with van der Waals surface area (Å²) in [4.78, 5) is 16.0. The normalized spacial score (nSPS) is 10.1. The van der Waals surface area contributed by atoms with Crippen LogP contribution in [0.25, 0.3) is 11.1 Å². The second-order valence-electron chi connectivity index (χ2n) is 4.88. The quantitative estimate of drug-likeness (QED) is 0.671. The third-order valence-corrected chi connectivity index (χ3v) is 3.69. The number of carbonyl (C=O) groups excluding carboxylic acids is 1. The predicted molar refractivity (Wildman–Crippen MR) is 96.5 cm³/mol. The van der Waals surface area contributed by atoms with E-state index in [2.05, 4.69) is 31.5 Å². The highest BCUT2D eigenvalue weighted by Gasteiger charge is 2.04. The molecule has 3 rings (SSSR count). The fourth-order valence-corrected chi connectivity index (χ4v) is 2.34. The van der Waals surface area contributed by atoms with Crippen LogP contribution in [0.5, 0.6) is 0 Å². The zero-order valence-electron chi connectivity index (χ0n) is 12.2. The lowest BCUT2D eigenvalue weighted by atomic mass is 10.1. The molecular formula is C18H14BrN3O. The molecule has 0 atom stereocenters. The number of hydrogen-bond acceptors (Lipinski definition) is 2. The molecule has 2 aromatic carbocycles. The maximum absolute atomic E-state index is 11.9. The molecule has 0 spiro atoms. The molecule has 2 N–H and O–H groups in total. The lowest BCUT2D eigenvalue weighted by Gasteiger charge is -2.08. The van der Waals surface area contributed by atoms with Gasteiger partial charge in [0.05, 0.1) is 0 Å². The van der Waals surface area contributed by atoms with Crippen LogP contribution in [0.2, 0.25) is 0 Å². The van der Waals surface area contributed by atoms with Crippen LogP contribution in [0.4, 0.5) is 16.3 Å². The van der Waals surface area contributed by atoms with E-state index in [4.69, 9.17) is 0 Å². The Morgan fingerprint density at radius 2 is 1.52 bits per heavy atom. The minimum atomic E-state index is -0.327. The molecule has 1 heterocycles.